The average Bonchev–Trinajstić information content (AvgIpc) is 2.87. The summed E-state index contributed by atoms with van der Waals surface area (Å²) < 4.78 is 0. The minimum Gasteiger partial charge on any atom is -0.330 e. The van der Waals surface area contributed by atoms with Gasteiger partial charge in [0, 0.05) is 11.4 Å². The molecule has 6 heteroatoms. The molecule has 1 aromatic heterocycles. The van der Waals surface area contributed by atoms with Gasteiger partial charge in [-0.25, -0.2) is 0 Å². The molecule has 1 fully saturated rings. The average molecular weight is 332 g/mol. The molecule has 1 aliphatic rings. The van der Waals surface area contributed by atoms with Crippen molar-refractivity contribution in [1.29, 1.82) is 0 Å². The van der Waals surface area contributed by atoms with Crippen LogP contribution in [0.15, 0.2) is 0 Å². The molecule has 1 aromatic rings. The fraction of sp³-hybridized carbons (Fsp3) is 0.667. The second-order valence-electron chi connectivity index (χ2n) is 6.26. The van der Waals surface area contributed by atoms with Crippen LogP contribution in [0.1, 0.15) is 29.3 Å². The highest BCUT2D eigenvalue weighted by Crippen LogP contribution is 2.32. The van der Waals surface area contributed by atoms with Crippen molar-refractivity contribution in [3.05, 3.63) is 16.0 Å². The number of carbonyl (C=O) groups excluding carboxylic acids is 1. The topological polar surface area (TPSA) is 58.4 Å². The molecular weight excluding hydrogens is 306 g/mol. The number of nitrogens with zero attached hydrogens (tertiary/aromatic N) is 1. The SMILES string of the molecule is Cc1sc(NC(=O)CN2CCC(C)(CN)C2)c(C)c1C.Cl. The van der Waals surface area contributed by atoms with E-state index in [1.165, 1.54) is 16.0 Å². The molecule has 1 atom stereocenters. The third-order valence-corrected chi connectivity index (χ3v) is 5.66. The number of likely N-dealkylation sites (tertiary alicyclic amines) is 1. The lowest BCUT2D eigenvalue weighted by Gasteiger charge is -2.22. The molecule has 0 radical (unpaired) electrons. The normalized spacial score (nSPS) is 22.1. The van der Waals surface area contributed by atoms with Crippen LogP contribution >= 0.6 is 23.7 Å². The number of halogens is 1. The number of amides is 1. The molecule has 1 saturated heterocycles. The molecule has 3 N–H and O–H groups in total. The highest BCUT2D eigenvalue weighted by molar-refractivity contribution is 7.16. The van der Waals surface area contributed by atoms with Gasteiger partial charge in [-0.2, -0.15) is 0 Å². The summed E-state index contributed by atoms with van der Waals surface area (Å²) in [5.74, 6) is 0.0793. The maximum absolute atomic E-state index is 12.2. The minimum absolute atomic E-state index is 0. The first-order valence-corrected chi connectivity index (χ1v) is 7.95. The highest BCUT2D eigenvalue weighted by atomic mass is 35.5. The van der Waals surface area contributed by atoms with Crippen LogP contribution in [-0.4, -0.2) is 37.0 Å². The third-order valence-electron chi connectivity index (χ3n) is 4.44. The number of rotatable bonds is 4. The summed E-state index contributed by atoms with van der Waals surface area (Å²) in [6.45, 7) is 11.5. The summed E-state index contributed by atoms with van der Waals surface area (Å²) in [5.41, 5.74) is 8.44. The van der Waals surface area contributed by atoms with Crippen molar-refractivity contribution in [3.63, 3.8) is 0 Å². The van der Waals surface area contributed by atoms with E-state index >= 15 is 0 Å². The van der Waals surface area contributed by atoms with E-state index in [4.69, 9.17) is 5.73 Å². The lowest BCUT2D eigenvalue weighted by molar-refractivity contribution is -0.117. The van der Waals surface area contributed by atoms with E-state index in [0.29, 0.717) is 13.1 Å². The largest absolute Gasteiger partial charge is 0.330 e. The van der Waals surface area contributed by atoms with E-state index in [-0.39, 0.29) is 23.7 Å². The van der Waals surface area contributed by atoms with E-state index in [2.05, 4.69) is 37.9 Å². The highest BCUT2D eigenvalue weighted by Gasteiger charge is 2.33. The Bertz CT molecular complexity index is 517. The van der Waals surface area contributed by atoms with Gasteiger partial charge in [0.1, 0.15) is 0 Å². The van der Waals surface area contributed by atoms with Crippen molar-refractivity contribution in [2.24, 2.45) is 11.1 Å². The predicted molar refractivity (Wildman–Crippen MR) is 92.6 cm³/mol. The molecule has 120 valence electrons. The molecule has 0 aromatic carbocycles. The Balaban J connectivity index is 0.00000220. The minimum atomic E-state index is 0. The number of hydrogen-bond donors (Lipinski definition) is 2. The van der Waals surface area contributed by atoms with Crippen LogP contribution in [0.3, 0.4) is 0 Å². The Morgan fingerprint density at radius 2 is 2.05 bits per heavy atom. The van der Waals surface area contributed by atoms with Crippen LogP contribution in [-0.2, 0) is 4.79 Å². The Hall–Kier alpha value is -0.620. The van der Waals surface area contributed by atoms with Gasteiger partial charge in [0.05, 0.1) is 11.5 Å². The second-order valence-corrected chi connectivity index (χ2v) is 7.49. The number of hydrogen-bond acceptors (Lipinski definition) is 4. The molecule has 0 aliphatic carbocycles. The molecule has 1 aliphatic heterocycles. The van der Waals surface area contributed by atoms with Gasteiger partial charge >= 0.3 is 0 Å². The summed E-state index contributed by atoms with van der Waals surface area (Å²) in [6, 6.07) is 0. The van der Waals surface area contributed by atoms with Gasteiger partial charge in [-0.05, 0) is 56.8 Å². The number of anilines is 1. The van der Waals surface area contributed by atoms with Gasteiger partial charge in [0.2, 0.25) is 5.91 Å². The van der Waals surface area contributed by atoms with Gasteiger partial charge in [-0.1, -0.05) is 6.92 Å². The number of carbonyl (C=O) groups is 1. The quantitative estimate of drug-likeness (QED) is 0.891. The molecule has 0 bridgehead atoms. The molecule has 0 spiro atoms. The van der Waals surface area contributed by atoms with Crippen molar-refractivity contribution in [3.8, 4) is 0 Å². The van der Waals surface area contributed by atoms with Crippen molar-refractivity contribution >= 4 is 34.7 Å². The first-order valence-electron chi connectivity index (χ1n) is 7.13. The Labute approximate surface area is 137 Å². The Kier molecular flexibility index (Phi) is 6.23. The summed E-state index contributed by atoms with van der Waals surface area (Å²) in [7, 11) is 0. The van der Waals surface area contributed by atoms with E-state index in [0.717, 1.165) is 24.5 Å². The van der Waals surface area contributed by atoms with Crippen LogP contribution in [0.4, 0.5) is 5.00 Å². The van der Waals surface area contributed by atoms with Crippen molar-refractivity contribution < 1.29 is 4.79 Å². The van der Waals surface area contributed by atoms with Crippen molar-refractivity contribution in [2.45, 2.75) is 34.1 Å². The zero-order valence-electron chi connectivity index (χ0n) is 13.3. The summed E-state index contributed by atoms with van der Waals surface area (Å²) >= 11 is 1.66. The zero-order valence-corrected chi connectivity index (χ0v) is 14.9. The van der Waals surface area contributed by atoms with Gasteiger partial charge in [0.15, 0.2) is 0 Å². The first kappa shape index (κ1) is 18.4. The third kappa shape index (κ3) is 4.19. The molecule has 1 unspecified atom stereocenters. The molecule has 0 saturated carbocycles. The van der Waals surface area contributed by atoms with Gasteiger partial charge in [0.25, 0.3) is 0 Å². The molecule has 2 rings (SSSR count). The number of thiophene rings is 1. The summed E-state index contributed by atoms with van der Waals surface area (Å²) in [4.78, 5) is 15.6. The maximum Gasteiger partial charge on any atom is 0.239 e. The molecule has 2 heterocycles. The van der Waals surface area contributed by atoms with Crippen LogP contribution in [0.2, 0.25) is 0 Å². The molecular formula is C15H26ClN3OS. The molecule has 4 nitrogen and oxygen atoms in total. The summed E-state index contributed by atoms with van der Waals surface area (Å²) in [6.07, 6.45) is 1.08. The Morgan fingerprint density at radius 1 is 1.38 bits per heavy atom. The smallest absolute Gasteiger partial charge is 0.239 e. The zero-order chi connectivity index (χ0) is 14.9. The number of aryl methyl sites for hydroxylation is 1. The maximum atomic E-state index is 12.2. The van der Waals surface area contributed by atoms with Gasteiger partial charge in [-0.3, -0.25) is 9.69 Å². The fourth-order valence-corrected chi connectivity index (χ4v) is 3.74. The lowest BCUT2D eigenvalue weighted by Crippen LogP contribution is -2.35. The van der Waals surface area contributed by atoms with Crippen molar-refractivity contribution in [1.82, 2.24) is 4.90 Å². The van der Waals surface area contributed by atoms with E-state index in [9.17, 15) is 4.79 Å². The van der Waals surface area contributed by atoms with Crippen LogP contribution in [0, 0.1) is 26.2 Å². The Morgan fingerprint density at radius 3 is 2.52 bits per heavy atom. The first-order chi connectivity index (χ1) is 9.34. The van der Waals surface area contributed by atoms with Crippen molar-refractivity contribution in [2.75, 3.05) is 31.5 Å². The molecule has 21 heavy (non-hydrogen) atoms. The van der Waals surface area contributed by atoms with Crippen LogP contribution in [0.25, 0.3) is 0 Å². The van der Waals surface area contributed by atoms with Crippen LogP contribution < -0.4 is 11.1 Å². The second kappa shape index (κ2) is 7.09. The monoisotopic (exact) mass is 331 g/mol. The van der Waals surface area contributed by atoms with E-state index in [1.54, 1.807) is 11.3 Å². The standard InChI is InChI=1S/C15H25N3OS.ClH/c1-10-11(2)14(20-12(10)3)17-13(19)7-18-6-5-15(4,8-16)9-18;/h5-9,16H2,1-4H3,(H,17,19);1H. The number of nitrogens with one attached hydrogen (secondary N) is 1. The van der Waals surface area contributed by atoms with E-state index < -0.39 is 0 Å². The van der Waals surface area contributed by atoms with Crippen LogP contribution in [0.5, 0.6) is 0 Å². The van der Waals surface area contributed by atoms with Gasteiger partial charge in [-0.15, -0.1) is 23.7 Å². The molecule has 1 amide bonds. The van der Waals surface area contributed by atoms with E-state index in [1.807, 2.05) is 0 Å². The predicted octanol–water partition coefficient (Wildman–Crippen LogP) is 2.70. The number of nitrogens with two attached hydrogens (primary N) is 1. The summed E-state index contributed by atoms with van der Waals surface area (Å²) in [5, 5.41) is 4.04. The fourth-order valence-electron chi connectivity index (χ4n) is 2.66. The van der Waals surface area contributed by atoms with Gasteiger partial charge < -0.3 is 11.1 Å². The lowest BCUT2D eigenvalue weighted by atomic mass is 9.90.